The molecule has 0 aliphatic heterocycles. The smallest absolute Gasteiger partial charge is 0.120 e. The van der Waals surface area contributed by atoms with Crippen LogP contribution in [0.1, 0.15) is 11.4 Å². The third-order valence-electron chi connectivity index (χ3n) is 2.16. The van der Waals surface area contributed by atoms with Gasteiger partial charge in [0.05, 0.1) is 22.3 Å². The van der Waals surface area contributed by atoms with Crippen molar-refractivity contribution in [2.75, 3.05) is 13.0 Å². The first-order chi connectivity index (χ1) is 7.33. The van der Waals surface area contributed by atoms with Crippen LogP contribution in [0.3, 0.4) is 0 Å². The molecule has 1 heterocycles. The molecule has 2 aromatic rings. The summed E-state index contributed by atoms with van der Waals surface area (Å²) in [6, 6.07) is 5.96. The van der Waals surface area contributed by atoms with Crippen molar-refractivity contribution < 1.29 is 4.74 Å². The monoisotopic (exact) mass is 241 g/mol. The van der Waals surface area contributed by atoms with Gasteiger partial charge in [0.15, 0.2) is 0 Å². The number of ether oxygens (including phenoxy) is 1. The van der Waals surface area contributed by atoms with Crippen molar-refractivity contribution in [2.24, 2.45) is 0 Å². The molecule has 0 saturated carbocycles. The van der Waals surface area contributed by atoms with Crippen molar-refractivity contribution in [3.05, 3.63) is 23.2 Å². The second kappa shape index (κ2) is 4.81. The Hall–Kier alpha value is -0.800. The maximum absolute atomic E-state index is 5.65. The first-order valence-corrected chi connectivity index (χ1v) is 6.18. The number of benzene rings is 1. The summed E-state index contributed by atoms with van der Waals surface area (Å²) in [5.74, 6) is 1.58. The lowest BCUT2D eigenvalue weighted by molar-refractivity contribution is 0.415. The van der Waals surface area contributed by atoms with Gasteiger partial charge in [-0.2, -0.15) is 0 Å². The molecule has 0 bridgehead atoms. The fourth-order valence-electron chi connectivity index (χ4n) is 1.40. The highest BCUT2D eigenvalue weighted by Gasteiger charge is 2.04. The molecule has 0 atom stereocenters. The van der Waals surface area contributed by atoms with Crippen LogP contribution < -0.4 is 4.74 Å². The lowest BCUT2D eigenvalue weighted by Gasteiger charge is -1.96. The largest absolute Gasteiger partial charge is 0.497 e. The molecule has 0 radical (unpaired) electrons. The first kappa shape index (κ1) is 10.7. The fourth-order valence-corrected chi connectivity index (χ4v) is 2.58. The molecule has 0 amide bonds. The molecule has 0 N–H and O–H groups in total. The SMILES string of the molecule is COc1ccc2nc(CCCCl)sc2c1. The average Bonchev–Trinajstić information content (AvgIpc) is 2.67. The van der Waals surface area contributed by atoms with Gasteiger partial charge in [0.25, 0.3) is 0 Å². The van der Waals surface area contributed by atoms with Crippen LogP contribution in [0, 0.1) is 0 Å². The molecule has 0 spiro atoms. The summed E-state index contributed by atoms with van der Waals surface area (Å²) in [4.78, 5) is 4.53. The van der Waals surface area contributed by atoms with Gasteiger partial charge in [-0.05, 0) is 24.6 Å². The molecular weight excluding hydrogens is 230 g/mol. The van der Waals surface area contributed by atoms with Gasteiger partial charge >= 0.3 is 0 Å². The third kappa shape index (κ3) is 2.41. The van der Waals surface area contributed by atoms with Crippen LogP contribution in [-0.4, -0.2) is 18.0 Å². The minimum absolute atomic E-state index is 0.694. The van der Waals surface area contributed by atoms with Crippen LogP contribution >= 0.6 is 22.9 Å². The van der Waals surface area contributed by atoms with E-state index in [0.717, 1.165) is 29.1 Å². The summed E-state index contributed by atoms with van der Waals surface area (Å²) in [5, 5.41) is 1.15. The highest BCUT2D eigenvalue weighted by atomic mass is 35.5. The van der Waals surface area contributed by atoms with Crippen LogP contribution in [0.4, 0.5) is 0 Å². The van der Waals surface area contributed by atoms with Crippen LogP contribution in [0.2, 0.25) is 0 Å². The second-order valence-electron chi connectivity index (χ2n) is 3.23. The lowest BCUT2D eigenvalue weighted by Crippen LogP contribution is -1.83. The van der Waals surface area contributed by atoms with E-state index < -0.39 is 0 Å². The Labute approximate surface area is 97.8 Å². The zero-order valence-corrected chi connectivity index (χ0v) is 10.1. The normalized spacial score (nSPS) is 10.8. The molecule has 1 aromatic carbocycles. The number of alkyl halides is 1. The molecule has 4 heteroatoms. The number of nitrogens with zero attached hydrogens (tertiary/aromatic N) is 1. The van der Waals surface area contributed by atoms with Gasteiger partial charge in [0.1, 0.15) is 5.75 Å². The van der Waals surface area contributed by atoms with Crippen LogP contribution in [0.15, 0.2) is 18.2 Å². The Balaban J connectivity index is 2.29. The molecule has 1 aromatic heterocycles. The molecule has 0 aliphatic carbocycles. The molecule has 2 rings (SSSR count). The predicted octanol–water partition coefficient (Wildman–Crippen LogP) is 3.48. The minimum atomic E-state index is 0.694. The number of rotatable bonds is 4. The molecule has 15 heavy (non-hydrogen) atoms. The third-order valence-corrected chi connectivity index (χ3v) is 3.51. The van der Waals surface area contributed by atoms with Crippen LogP contribution in [-0.2, 0) is 6.42 Å². The Morgan fingerprint density at radius 1 is 1.47 bits per heavy atom. The van der Waals surface area contributed by atoms with Crippen molar-refractivity contribution in [1.29, 1.82) is 0 Å². The summed E-state index contributed by atoms with van der Waals surface area (Å²) in [6.07, 6.45) is 1.95. The van der Waals surface area contributed by atoms with Crippen molar-refractivity contribution >= 4 is 33.2 Å². The van der Waals surface area contributed by atoms with Gasteiger partial charge < -0.3 is 4.74 Å². The van der Waals surface area contributed by atoms with Gasteiger partial charge in [-0.1, -0.05) is 0 Å². The summed E-state index contributed by atoms with van der Waals surface area (Å²) in [5.41, 5.74) is 1.05. The number of aromatic nitrogens is 1. The van der Waals surface area contributed by atoms with Gasteiger partial charge in [-0.25, -0.2) is 4.98 Å². The van der Waals surface area contributed by atoms with Gasteiger partial charge in [-0.3, -0.25) is 0 Å². The van der Waals surface area contributed by atoms with E-state index in [1.807, 2.05) is 18.2 Å². The first-order valence-electron chi connectivity index (χ1n) is 4.83. The molecule has 0 aliphatic rings. The van der Waals surface area contributed by atoms with E-state index in [1.165, 1.54) is 4.70 Å². The van der Waals surface area contributed by atoms with E-state index in [2.05, 4.69) is 4.98 Å². The molecule has 0 unspecified atom stereocenters. The van der Waals surface area contributed by atoms with E-state index >= 15 is 0 Å². The summed E-state index contributed by atoms with van der Waals surface area (Å²) in [7, 11) is 1.68. The second-order valence-corrected chi connectivity index (χ2v) is 4.73. The highest BCUT2D eigenvalue weighted by Crippen LogP contribution is 2.26. The number of hydrogen-bond donors (Lipinski definition) is 0. The van der Waals surface area contributed by atoms with E-state index in [0.29, 0.717) is 5.88 Å². The number of fused-ring (bicyclic) bond motifs is 1. The fraction of sp³-hybridized carbons (Fsp3) is 0.364. The quantitative estimate of drug-likeness (QED) is 0.765. The topological polar surface area (TPSA) is 22.1 Å². The molecule has 80 valence electrons. The average molecular weight is 242 g/mol. The molecule has 0 saturated heterocycles. The Kier molecular flexibility index (Phi) is 3.44. The standard InChI is InChI=1S/C11H12ClNOS/c1-14-8-4-5-9-10(7-8)15-11(13-9)3-2-6-12/h4-5,7H,2-3,6H2,1H3. The Morgan fingerprint density at radius 2 is 2.33 bits per heavy atom. The van der Waals surface area contributed by atoms with Gasteiger partial charge in [0.2, 0.25) is 0 Å². The van der Waals surface area contributed by atoms with Crippen molar-refractivity contribution in [3.63, 3.8) is 0 Å². The van der Waals surface area contributed by atoms with Crippen molar-refractivity contribution in [1.82, 2.24) is 4.98 Å². The number of thiazole rings is 1. The van der Waals surface area contributed by atoms with E-state index in [4.69, 9.17) is 16.3 Å². The minimum Gasteiger partial charge on any atom is -0.497 e. The number of methoxy groups -OCH3 is 1. The summed E-state index contributed by atoms with van der Waals surface area (Å²) >= 11 is 7.37. The van der Waals surface area contributed by atoms with Gasteiger partial charge in [-0.15, -0.1) is 22.9 Å². The highest BCUT2D eigenvalue weighted by molar-refractivity contribution is 7.18. The zero-order chi connectivity index (χ0) is 10.7. The number of aryl methyl sites for hydroxylation is 1. The van der Waals surface area contributed by atoms with Crippen molar-refractivity contribution in [2.45, 2.75) is 12.8 Å². The van der Waals surface area contributed by atoms with E-state index in [-0.39, 0.29) is 0 Å². The lowest BCUT2D eigenvalue weighted by atomic mass is 10.3. The van der Waals surface area contributed by atoms with Crippen LogP contribution in [0.5, 0.6) is 5.75 Å². The maximum atomic E-state index is 5.65. The Bertz CT molecular complexity index is 455. The molecule has 0 fully saturated rings. The number of halogens is 1. The molecule has 2 nitrogen and oxygen atoms in total. The number of hydrogen-bond acceptors (Lipinski definition) is 3. The maximum Gasteiger partial charge on any atom is 0.120 e. The van der Waals surface area contributed by atoms with E-state index in [9.17, 15) is 0 Å². The zero-order valence-electron chi connectivity index (χ0n) is 8.50. The predicted molar refractivity (Wildman–Crippen MR) is 65.2 cm³/mol. The summed E-state index contributed by atoms with van der Waals surface area (Å²) in [6.45, 7) is 0. The summed E-state index contributed by atoms with van der Waals surface area (Å²) < 4.78 is 6.35. The molecular formula is C11H12ClNOS. The van der Waals surface area contributed by atoms with Gasteiger partial charge in [0, 0.05) is 12.3 Å². The van der Waals surface area contributed by atoms with E-state index in [1.54, 1.807) is 18.4 Å². The van der Waals surface area contributed by atoms with Crippen LogP contribution in [0.25, 0.3) is 10.2 Å². The van der Waals surface area contributed by atoms with Crippen molar-refractivity contribution in [3.8, 4) is 5.75 Å². The Morgan fingerprint density at radius 3 is 3.07 bits per heavy atom.